The number of hydrogen-bond acceptors (Lipinski definition) is 1. The lowest BCUT2D eigenvalue weighted by atomic mass is 10.0. The molecule has 0 saturated carbocycles. The van der Waals surface area contributed by atoms with Gasteiger partial charge in [0.1, 0.15) is 0 Å². The van der Waals surface area contributed by atoms with E-state index in [1.165, 1.54) is 96.4 Å². The second-order valence-electron chi connectivity index (χ2n) is 8.95. The highest BCUT2D eigenvalue weighted by Crippen LogP contribution is 2.13. The Bertz CT molecular complexity index is 216. The Morgan fingerprint density at radius 3 is 1.00 bits per heavy atom. The van der Waals surface area contributed by atoms with Gasteiger partial charge in [0.25, 0.3) is 0 Å². The zero-order valence-electron chi connectivity index (χ0n) is 18.5. The molecular weight excluding hydrogens is 292 g/mol. The summed E-state index contributed by atoms with van der Waals surface area (Å²) in [6.07, 6.45) is 20.4. The number of hydrogen-bond donors (Lipinski definition) is 0. The normalized spacial score (nSPS) is 11.5. The summed E-state index contributed by atoms with van der Waals surface area (Å²) in [6, 6.07) is 0. The van der Waals surface area contributed by atoms with Crippen molar-refractivity contribution in [1.29, 1.82) is 0 Å². The van der Waals surface area contributed by atoms with Crippen LogP contribution in [0, 0.1) is 0 Å². The van der Waals surface area contributed by atoms with E-state index in [-0.39, 0.29) is 0 Å². The fraction of sp³-hybridized carbons (Fsp3) is 1.00. The smallest absolute Gasteiger partial charge is 0.0780 e. The Morgan fingerprint density at radius 2 is 0.750 bits per heavy atom. The highest BCUT2D eigenvalue weighted by atomic mass is 15.3. The molecule has 0 rings (SSSR count). The van der Waals surface area contributed by atoms with E-state index in [9.17, 15) is 0 Å². The lowest BCUT2D eigenvalue weighted by molar-refractivity contribution is -0.870. The summed E-state index contributed by atoms with van der Waals surface area (Å²) in [5.74, 6) is 0. The summed E-state index contributed by atoms with van der Waals surface area (Å²) >= 11 is 0. The van der Waals surface area contributed by atoms with Gasteiger partial charge in [-0.05, 0) is 34.0 Å². The van der Waals surface area contributed by atoms with Crippen LogP contribution in [0.5, 0.6) is 0 Å². The van der Waals surface area contributed by atoms with E-state index in [2.05, 4.69) is 28.1 Å². The van der Waals surface area contributed by atoms with Crippen LogP contribution in [0.15, 0.2) is 0 Å². The second kappa shape index (κ2) is 19.2. The molecule has 24 heavy (non-hydrogen) atoms. The molecule has 0 radical (unpaired) electrons. The van der Waals surface area contributed by atoms with Crippen LogP contribution in [0.4, 0.5) is 0 Å². The van der Waals surface area contributed by atoms with Crippen molar-refractivity contribution in [2.24, 2.45) is 0 Å². The maximum Gasteiger partial charge on any atom is 0.0780 e. The minimum atomic E-state index is 1.12. The van der Waals surface area contributed by atoms with Gasteiger partial charge in [0.2, 0.25) is 0 Å². The molecule has 0 aromatic carbocycles. The van der Waals surface area contributed by atoms with E-state index in [0.29, 0.717) is 0 Å². The number of nitrogens with zero attached hydrogens (tertiary/aromatic N) is 2. The maximum absolute atomic E-state index is 2.29. The van der Waals surface area contributed by atoms with Crippen molar-refractivity contribution in [3.8, 4) is 0 Å². The van der Waals surface area contributed by atoms with Crippen LogP contribution in [-0.4, -0.2) is 58.2 Å². The van der Waals surface area contributed by atoms with Crippen LogP contribution in [0.25, 0.3) is 0 Å². The summed E-state index contributed by atoms with van der Waals surface area (Å²) in [6.45, 7) is 3.63. The quantitative estimate of drug-likeness (QED) is 0.247. The van der Waals surface area contributed by atoms with E-state index in [1.807, 2.05) is 26.0 Å². The van der Waals surface area contributed by atoms with Gasteiger partial charge in [-0.15, -0.1) is 0 Å². The van der Waals surface area contributed by atoms with E-state index < -0.39 is 0 Å². The summed E-state index contributed by atoms with van der Waals surface area (Å²) in [4.78, 5) is 2.00. The highest BCUT2D eigenvalue weighted by molar-refractivity contribution is 4.49. The first-order valence-electron chi connectivity index (χ1n) is 10.7. The molecule has 2 heteroatoms. The molecule has 0 aliphatic rings. The molecule has 2 nitrogen and oxygen atoms in total. The molecule has 0 spiro atoms. The van der Waals surface area contributed by atoms with Gasteiger partial charge in [0, 0.05) is 0 Å². The van der Waals surface area contributed by atoms with Gasteiger partial charge in [-0.2, -0.15) is 0 Å². The third-order valence-corrected chi connectivity index (χ3v) is 4.18. The molecule has 148 valence electrons. The molecule has 0 atom stereocenters. The van der Waals surface area contributed by atoms with Gasteiger partial charge in [-0.1, -0.05) is 84.0 Å². The molecule has 0 amide bonds. The van der Waals surface area contributed by atoms with Crippen LogP contribution >= 0.6 is 0 Å². The first-order valence-corrected chi connectivity index (χ1v) is 10.7. The molecule has 0 saturated heterocycles. The largest absolute Gasteiger partial charge is 0.331 e. The van der Waals surface area contributed by atoms with Crippen molar-refractivity contribution >= 4 is 0 Å². The van der Waals surface area contributed by atoms with E-state index >= 15 is 0 Å². The van der Waals surface area contributed by atoms with Crippen LogP contribution in [0.1, 0.15) is 96.8 Å². The summed E-state index contributed by atoms with van der Waals surface area (Å²) in [5.41, 5.74) is 0. The average molecular weight is 344 g/mol. The van der Waals surface area contributed by atoms with Gasteiger partial charge in [0.15, 0.2) is 0 Å². The molecule has 0 N–H and O–H groups in total. The van der Waals surface area contributed by atoms with Crippen LogP contribution < -0.4 is 0 Å². The molecule has 0 unspecified atom stereocenters. The SMILES string of the molecule is CCCCCCCCCCCCCCCC[N+](C)(C)C.CN(C)C. The van der Waals surface area contributed by atoms with E-state index in [4.69, 9.17) is 0 Å². The minimum Gasteiger partial charge on any atom is -0.331 e. The Balaban J connectivity index is 0. The standard InChI is InChI=1S/C19H42N.C3H9N/c1-5-6-7-8-9-10-11-12-13-14-15-16-17-18-19-20(2,3)4;1-4(2)3/h5-19H2,1-4H3;1-3H3/q+1;. The van der Waals surface area contributed by atoms with E-state index in [1.54, 1.807) is 0 Å². The molecule has 0 aliphatic heterocycles. The lowest BCUT2D eigenvalue weighted by Gasteiger charge is -2.23. The Morgan fingerprint density at radius 1 is 0.500 bits per heavy atom. The van der Waals surface area contributed by atoms with Crippen molar-refractivity contribution in [3.05, 3.63) is 0 Å². The first kappa shape index (κ1) is 26.2. The average Bonchev–Trinajstić information content (AvgIpc) is 2.46. The number of rotatable bonds is 15. The first-order chi connectivity index (χ1) is 11.3. The number of unbranched alkanes of at least 4 members (excludes halogenated alkanes) is 13. The molecule has 0 aromatic heterocycles. The monoisotopic (exact) mass is 343 g/mol. The van der Waals surface area contributed by atoms with Gasteiger partial charge < -0.3 is 9.38 Å². The molecule has 0 heterocycles. The Labute approximate surface area is 155 Å². The van der Waals surface area contributed by atoms with Gasteiger partial charge >= 0.3 is 0 Å². The summed E-state index contributed by atoms with van der Waals surface area (Å²) in [5, 5.41) is 0. The zero-order chi connectivity index (χ0) is 18.7. The molecule has 0 aromatic rings. The summed E-state index contributed by atoms with van der Waals surface area (Å²) < 4.78 is 1.12. The van der Waals surface area contributed by atoms with Crippen LogP contribution in [-0.2, 0) is 0 Å². The summed E-state index contributed by atoms with van der Waals surface area (Å²) in [7, 11) is 12.9. The fourth-order valence-corrected chi connectivity index (χ4v) is 2.78. The lowest BCUT2D eigenvalue weighted by Crippen LogP contribution is -2.35. The van der Waals surface area contributed by atoms with Gasteiger partial charge in [-0.3, -0.25) is 0 Å². The second-order valence-corrected chi connectivity index (χ2v) is 8.95. The fourth-order valence-electron chi connectivity index (χ4n) is 2.78. The van der Waals surface area contributed by atoms with Crippen molar-refractivity contribution in [2.75, 3.05) is 48.8 Å². The highest BCUT2D eigenvalue weighted by Gasteiger charge is 2.04. The topological polar surface area (TPSA) is 3.24 Å². The zero-order valence-corrected chi connectivity index (χ0v) is 18.5. The van der Waals surface area contributed by atoms with Crippen molar-refractivity contribution in [1.82, 2.24) is 4.90 Å². The number of quaternary nitrogens is 1. The molecule has 0 fully saturated rings. The van der Waals surface area contributed by atoms with E-state index in [0.717, 1.165) is 4.48 Å². The Hall–Kier alpha value is -0.0800. The molecule has 0 bridgehead atoms. The minimum absolute atomic E-state index is 1.12. The predicted octanol–water partition coefficient (Wildman–Crippen LogP) is 6.35. The van der Waals surface area contributed by atoms with Gasteiger partial charge in [-0.25, -0.2) is 0 Å². The molecular formula is C22H51N2+. The van der Waals surface area contributed by atoms with Crippen LogP contribution in [0.2, 0.25) is 0 Å². The van der Waals surface area contributed by atoms with Crippen LogP contribution in [0.3, 0.4) is 0 Å². The van der Waals surface area contributed by atoms with Crippen molar-refractivity contribution in [2.45, 2.75) is 96.8 Å². The third-order valence-electron chi connectivity index (χ3n) is 4.18. The van der Waals surface area contributed by atoms with Crippen molar-refractivity contribution < 1.29 is 4.48 Å². The maximum atomic E-state index is 2.29. The Kier molecular flexibility index (Phi) is 21.0. The molecule has 0 aliphatic carbocycles. The van der Waals surface area contributed by atoms with Gasteiger partial charge in [0.05, 0.1) is 27.7 Å². The van der Waals surface area contributed by atoms with Crippen molar-refractivity contribution in [3.63, 3.8) is 0 Å². The predicted molar refractivity (Wildman–Crippen MR) is 113 cm³/mol. The third kappa shape index (κ3) is 33.5.